The molecule has 0 bridgehead atoms. The summed E-state index contributed by atoms with van der Waals surface area (Å²) in [5.41, 5.74) is 0. The Labute approximate surface area is 166 Å². The van der Waals surface area contributed by atoms with Crippen LogP contribution in [-0.2, 0) is 22.4 Å². The lowest BCUT2D eigenvalue weighted by Crippen LogP contribution is -2.37. The highest BCUT2D eigenvalue weighted by Crippen LogP contribution is 2.13. The van der Waals surface area contributed by atoms with Gasteiger partial charge in [-0.3, -0.25) is 0 Å². The van der Waals surface area contributed by atoms with Gasteiger partial charge in [0.25, 0.3) is 0 Å². The van der Waals surface area contributed by atoms with Gasteiger partial charge in [0, 0.05) is 37.9 Å². The number of aliphatic imine (C=N–C) groups is 1. The van der Waals surface area contributed by atoms with Crippen molar-refractivity contribution in [2.75, 3.05) is 40.0 Å². The van der Waals surface area contributed by atoms with Crippen LogP contribution in [-0.4, -0.2) is 51.0 Å². The average Bonchev–Trinajstić information content (AvgIpc) is 3.03. The summed E-state index contributed by atoms with van der Waals surface area (Å²) in [6, 6.07) is 0. The van der Waals surface area contributed by atoms with E-state index in [9.17, 15) is 0 Å². The van der Waals surface area contributed by atoms with E-state index < -0.39 is 0 Å². The Hall–Kier alpha value is -0.450. The van der Waals surface area contributed by atoms with Crippen LogP contribution in [0.3, 0.4) is 0 Å². The molecule has 1 aromatic heterocycles. The van der Waals surface area contributed by atoms with Gasteiger partial charge in [0.2, 0.25) is 0 Å². The molecule has 0 saturated carbocycles. The highest BCUT2D eigenvalue weighted by Gasteiger charge is 2.01. The van der Waals surface area contributed by atoms with Crippen molar-refractivity contribution in [3.05, 3.63) is 16.1 Å². The summed E-state index contributed by atoms with van der Waals surface area (Å²) in [4.78, 5) is 10.3. The second kappa shape index (κ2) is 16.0. The molecule has 0 fully saturated rings. The van der Waals surface area contributed by atoms with Crippen LogP contribution >= 0.6 is 35.3 Å². The van der Waals surface area contributed by atoms with Gasteiger partial charge < -0.3 is 20.1 Å². The number of methoxy groups -OCH3 is 1. The number of hydrogen-bond donors (Lipinski definition) is 2. The van der Waals surface area contributed by atoms with Crippen LogP contribution in [0.2, 0.25) is 0 Å². The summed E-state index contributed by atoms with van der Waals surface area (Å²) in [5.74, 6) is 0.848. The second-order valence-electron chi connectivity index (χ2n) is 5.01. The fourth-order valence-electron chi connectivity index (χ4n) is 1.85. The first-order valence-corrected chi connectivity index (χ1v) is 9.14. The lowest BCUT2D eigenvalue weighted by Gasteiger charge is -2.11. The Morgan fingerprint density at radius 2 is 2.04 bits per heavy atom. The van der Waals surface area contributed by atoms with E-state index in [1.165, 1.54) is 4.88 Å². The van der Waals surface area contributed by atoms with Gasteiger partial charge in [0.15, 0.2) is 5.96 Å². The lowest BCUT2D eigenvalue weighted by atomic mass is 10.3. The van der Waals surface area contributed by atoms with Crippen molar-refractivity contribution in [3.8, 4) is 0 Å². The van der Waals surface area contributed by atoms with Crippen molar-refractivity contribution in [2.24, 2.45) is 4.99 Å². The highest BCUT2D eigenvalue weighted by atomic mass is 127. The highest BCUT2D eigenvalue weighted by molar-refractivity contribution is 14.0. The van der Waals surface area contributed by atoms with Crippen LogP contribution in [0.4, 0.5) is 0 Å². The number of thiazole rings is 1. The van der Waals surface area contributed by atoms with Crippen molar-refractivity contribution < 1.29 is 9.47 Å². The van der Waals surface area contributed by atoms with E-state index in [-0.39, 0.29) is 24.0 Å². The Morgan fingerprint density at radius 3 is 2.71 bits per heavy atom. The number of nitrogens with one attached hydrogen (secondary N) is 2. The Kier molecular flexibility index (Phi) is 15.7. The molecule has 0 spiro atoms. The summed E-state index contributed by atoms with van der Waals surface area (Å²) in [6.45, 7) is 8.68. The monoisotopic (exact) mass is 470 g/mol. The number of nitrogens with zero attached hydrogens (tertiary/aromatic N) is 2. The minimum absolute atomic E-state index is 0. The molecule has 1 rings (SSSR count). The molecule has 0 aliphatic rings. The van der Waals surface area contributed by atoms with Crippen LogP contribution in [0.1, 0.15) is 36.6 Å². The van der Waals surface area contributed by atoms with Gasteiger partial charge in [-0.2, -0.15) is 0 Å². The number of halogens is 1. The molecule has 1 aromatic rings. The van der Waals surface area contributed by atoms with E-state index in [0.717, 1.165) is 49.9 Å². The Bertz CT molecular complexity index is 443. The van der Waals surface area contributed by atoms with E-state index in [0.29, 0.717) is 19.8 Å². The maximum atomic E-state index is 5.44. The van der Waals surface area contributed by atoms with Crippen LogP contribution < -0.4 is 10.6 Å². The van der Waals surface area contributed by atoms with Gasteiger partial charge in [0.1, 0.15) is 5.01 Å². The van der Waals surface area contributed by atoms with Crippen LogP contribution in [0.5, 0.6) is 0 Å². The standard InChI is InChI=1S/C16H30N4O2S.HI/c1-4-14-12-19-15(23-14)13-20-16(17-5-2)18-8-6-7-9-22-11-10-21-3;/h12H,4-11,13H2,1-3H3,(H2,17,18,20);1H. The van der Waals surface area contributed by atoms with Gasteiger partial charge in [0.05, 0.1) is 19.8 Å². The van der Waals surface area contributed by atoms with Gasteiger partial charge in [-0.05, 0) is 26.2 Å². The molecule has 0 atom stereocenters. The van der Waals surface area contributed by atoms with Crippen molar-refractivity contribution in [1.29, 1.82) is 0 Å². The summed E-state index contributed by atoms with van der Waals surface area (Å²) >= 11 is 1.73. The third-order valence-corrected chi connectivity index (χ3v) is 4.23. The molecule has 2 N–H and O–H groups in total. The zero-order chi connectivity index (χ0) is 16.8. The zero-order valence-electron chi connectivity index (χ0n) is 15.0. The molecule has 0 aliphatic carbocycles. The summed E-state index contributed by atoms with van der Waals surface area (Å²) in [6.07, 6.45) is 5.06. The van der Waals surface area contributed by atoms with Gasteiger partial charge in [-0.15, -0.1) is 35.3 Å². The van der Waals surface area contributed by atoms with Gasteiger partial charge >= 0.3 is 0 Å². The minimum Gasteiger partial charge on any atom is -0.382 e. The number of rotatable bonds is 12. The van der Waals surface area contributed by atoms with Gasteiger partial charge in [-0.25, -0.2) is 9.98 Å². The molecular weight excluding hydrogens is 439 g/mol. The molecule has 6 nitrogen and oxygen atoms in total. The van der Waals surface area contributed by atoms with Crippen LogP contribution in [0, 0.1) is 0 Å². The molecule has 8 heteroatoms. The molecular formula is C16H31IN4O2S. The molecule has 0 aromatic carbocycles. The number of unbranched alkanes of at least 4 members (excludes halogenated alkanes) is 1. The molecule has 140 valence electrons. The molecule has 0 radical (unpaired) electrons. The molecule has 24 heavy (non-hydrogen) atoms. The van der Waals surface area contributed by atoms with E-state index in [1.54, 1.807) is 18.4 Å². The third kappa shape index (κ3) is 11.2. The van der Waals surface area contributed by atoms with Crippen molar-refractivity contribution in [1.82, 2.24) is 15.6 Å². The number of aryl methyl sites for hydroxylation is 1. The first-order chi connectivity index (χ1) is 11.3. The van der Waals surface area contributed by atoms with Crippen molar-refractivity contribution >= 4 is 41.3 Å². The number of ether oxygens (including phenoxy) is 2. The third-order valence-electron chi connectivity index (χ3n) is 3.11. The minimum atomic E-state index is 0. The maximum absolute atomic E-state index is 5.44. The predicted molar refractivity (Wildman–Crippen MR) is 112 cm³/mol. The largest absolute Gasteiger partial charge is 0.382 e. The summed E-state index contributed by atoms with van der Waals surface area (Å²) in [5, 5.41) is 7.67. The molecule has 0 saturated heterocycles. The first-order valence-electron chi connectivity index (χ1n) is 8.32. The van der Waals surface area contributed by atoms with Gasteiger partial charge in [-0.1, -0.05) is 6.92 Å². The fourth-order valence-corrected chi connectivity index (χ4v) is 2.64. The molecule has 0 unspecified atom stereocenters. The van der Waals surface area contributed by atoms with Crippen LogP contribution in [0.25, 0.3) is 0 Å². The molecule has 1 heterocycles. The summed E-state index contributed by atoms with van der Waals surface area (Å²) < 4.78 is 10.4. The van der Waals surface area contributed by atoms with Crippen molar-refractivity contribution in [2.45, 2.75) is 39.7 Å². The smallest absolute Gasteiger partial charge is 0.191 e. The van der Waals surface area contributed by atoms with E-state index in [2.05, 4.69) is 34.5 Å². The number of hydrogen-bond acceptors (Lipinski definition) is 5. The normalized spacial score (nSPS) is 11.2. The quantitative estimate of drug-likeness (QED) is 0.213. The number of guanidine groups is 1. The lowest BCUT2D eigenvalue weighted by molar-refractivity contribution is 0.0689. The van der Waals surface area contributed by atoms with E-state index in [4.69, 9.17) is 9.47 Å². The molecule has 0 aliphatic heterocycles. The van der Waals surface area contributed by atoms with E-state index in [1.807, 2.05) is 6.20 Å². The SMILES string of the molecule is CCNC(=NCc1ncc(CC)s1)NCCCCOCCOC.I. The zero-order valence-corrected chi connectivity index (χ0v) is 18.1. The average molecular weight is 470 g/mol. The van der Waals surface area contributed by atoms with Crippen molar-refractivity contribution in [3.63, 3.8) is 0 Å². The molecule has 0 amide bonds. The topological polar surface area (TPSA) is 67.8 Å². The second-order valence-corrected chi connectivity index (χ2v) is 6.21. The maximum Gasteiger partial charge on any atom is 0.191 e. The number of aromatic nitrogens is 1. The fraction of sp³-hybridized carbons (Fsp3) is 0.750. The Balaban J connectivity index is 0.00000529. The first kappa shape index (κ1) is 23.5. The summed E-state index contributed by atoms with van der Waals surface area (Å²) in [7, 11) is 1.68. The Morgan fingerprint density at radius 1 is 1.21 bits per heavy atom. The predicted octanol–water partition coefficient (Wildman–Crippen LogP) is 2.82. The van der Waals surface area contributed by atoms with Crippen LogP contribution in [0.15, 0.2) is 11.2 Å². The van der Waals surface area contributed by atoms with E-state index >= 15 is 0 Å².